The molecule has 0 bridgehead atoms. The van der Waals surface area contributed by atoms with Gasteiger partial charge in [-0.05, 0) is 84.1 Å². The Morgan fingerprint density at radius 3 is 2.19 bits per heavy atom. The lowest BCUT2D eigenvalue weighted by molar-refractivity contribution is -0.0176. The molecule has 1 aliphatic heterocycles. The number of hydrogen-bond acceptors (Lipinski definition) is 3. The van der Waals surface area contributed by atoms with E-state index in [0.717, 1.165) is 18.8 Å². The number of hydrogen-bond donors (Lipinski definition) is 2. The highest BCUT2D eigenvalue weighted by molar-refractivity contribution is 5.88. The van der Waals surface area contributed by atoms with Crippen molar-refractivity contribution in [3.8, 4) is 0 Å². The predicted octanol–water partition coefficient (Wildman–Crippen LogP) is 4.53. The van der Waals surface area contributed by atoms with E-state index in [1.165, 1.54) is 24.9 Å². The van der Waals surface area contributed by atoms with Crippen molar-refractivity contribution in [2.24, 2.45) is 21.6 Å². The molecule has 2 fully saturated rings. The van der Waals surface area contributed by atoms with E-state index in [1.54, 1.807) is 0 Å². The van der Waals surface area contributed by atoms with E-state index in [-0.39, 0.29) is 11.1 Å². The highest BCUT2D eigenvalue weighted by atomic mass is 15.3. The fourth-order valence-corrected chi connectivity index (χ4v) is 5.15. The van der Waals surface area contributed by atoms with Gasteiger partial charge in [0.25, 0.3) is 0 Å². The summed E-state index contributed by atoms with van der Waals surface area (Å²) in [5.74, 6) is 0.859. The molecular formula is C25H42N6. The van der Waals surface area contributed by atoms with Crippen molar-refractivity contribution in [1.29, 1.82) is 0 Å². The number of anilines is 1. The smallest absolute Gasteiger partial charge is 0.221 e. The third kappa shape index (κ3) is 5.40. The maximum atomic E-state index is 6.20. The Kier molecular flexibility index (Phi) is 6.99. The number of aliphatic imine (C=N–C) groups is 2. The first kappa shape index (κ1) is 23.6. The lowest BCUT2D eigenvalue weighted by atomic mass is 9.67. The molecule has 1 saturated carbocycles. The fraction of sp³-hybridized carbons (Fsp3) is 0.680. The van der Waals surface area contributed by atoms with Crippen molar-refractivity contribution < 1.29 is 0 Å². The van der Waals surface area contributed by atoms with Crippen LogP contribution in [-0.2, 0) is 0 Å². The number of nitrogens with zero attached hydrogens (tertiary/aromatic N) is 4. The van der Waals surface area contributed by atoms with Gasteiger partial charge in [-0.25, -0.2) is 9.98 Å². The Balaban J connectivity index is 1.72. The van der Waals surface area contributed by atoms with Crippen LogP contribution in [0, 0.1) is 5.92 Å². The molecule has 0 amide bonds. The molecule has 6 nitrogen and oxygen atoms in total. The second kappa shape index (κ2) is 9.19. The second-order valence-corrected chi connectivity index (χ2v) is 10.8. The Morgan fingerprint density at radius 2 is 1.74 bits per heavy atom. The highest BCUT2D eigenvalue weighted by Crippen LogP contribution is 2.45. The van der Waals surface area contributed by atoms with E-state index in [0.29, 0.717) is 24.0 Å². The van der Waals surface area contributed by atoms with E-state index in [9.17, 15) is 0 Å². The highest BCUT2D eigenvalue weighted by Gasteiger charge is 2.47. The van der Waals surface area contributed by atoms with Gasteiger partial charge in [0.2, 0.25) is 5.96 Å². The van der Waals surface area contributed by atoms with Crippen LogP contribution >= 0.6 is 0 Å². The van der Waals surface area contributed by atoms with E-state index in [1.807, 2.05) is 18.5 Å². The number of benzene rings is 1. The van der Waals surface area contributed by atoms with Crippen LogP contribution in [-0.4, -0.2) is 53.4 Å². The zero-order valence-electron chi connectivity index (χ0n) is 20.5. The molecule has 2 atom stereocenters. The summed E-state index contributed by atoms with van der Waals surface area (Å²) in [5.41, 5.74) is 8.41. The van der Waals surface area contributed by atoms with Gasteiger partial charge in [-0.3, -0.25) is 0 Å². The fourth-order valence-electron chi connectivity index (χ4n) is 5.15. The largest absolute Gasteiger partial charge is 0.368 e. The first-order valence-corrected chi connectivity index (χ1v) is 11.8. The molecule has 1 aliphatic carbocycles. The van der Waals surface area contributed by atoms with Crippen molar-refractivity contribution in [3.05, 3.63) is 24.3 Å². The van der Waals surface area contributed by atoms with Crippen LogP contribution in [0.1, 0.15) is 67.7 Å². The minimum Gasteiger partial charge on any atom is -0.368 e. The van der Waals surface area contributed by atoms with Gasteiger partial charge in [-0.2, -0.15) is 0 Å². The van der Waals surface area contributed by atoms with Crippen LogP contribution in [0.4, 0.5) is 11.4 Å². The average Bonchev–Trinajstić information content (AvgIpc) is 2.62. The summed E-state index contributed by atoms with van der Waals surface area (Å²) in [4.78, 5) is 13.9. The quantitative estimate of drug-likeness (QED) is 0.536. The van der Waals surface area contributed by atoms with E-state index in [2.05, 4.69) is 85.7 Å². The van der Waals surface area contributed by atoms with Crippen LogP contribution in [0.25, 0.3) is 0 Å². The van der Waals surface area contributed by atoms with E-state index in [4.69, 9.17) is 5.73 Å². The number of piperazine rings is 1. The molecule has 3 rings (SSSR count). The molecule has 1 heterocycles. The number of rotatable bonds is 5. The molecule has 1 aromatic rings. The van der Waals surface area contributed by atoms with Crippen molar-refractivity contribution in [1.82, 2.24) is 10.2 Å². The Hall–Kier alpha value is -2.08. The molecule has 31 heavy (non-hydrogen) atoms. The first-order valence-electron chi connectivity index (χ1n) is 11.8. The molecule has 2 unspecified atom stereocenters. The van der Waals surface area contributed by atoms with Crippen molar-refractivity contribution in [2.45, 2.75) is 90.9 Å². The van der Waals surface area contributed by atoms with Crippen LogP contribution in [0.15, 0.2) is 34.3 Å². The Morgan fingerprint density at radius 1 is 1.16 bits per heavy atom. The van der Waals surface area contributed by atoms with Gasteiger partial charge >= 0.3 is 0 Å². The Bertz CT molecular complexity index is 775. The number of nitrogens with one attached hydrogen (secondary N) is 1. The molecule has 2 aliphatic rings. The van der Waals surface area contributed by atoms with Crippen LogP contribution < -0.4 is 16.0 Å². The van der Waals surface area contributed by atoms with Gasteiger partial charge in [0.15, 0.2) is 0 Å². The predicted molar refractivity (Wildman–Crippen MR) is 134 cm³/mol. The zero-order valence-corrected chi connectivity index (χ0v) is 20.5. The topological polar surface area (TPSA) is 69.2 Å². The second-order valence-electron chi connectivity index (χ2n) is 10.8. The molecular weight excluding hydrogens is 384 g/mol. The molecule has 172 valence electrons. The van der Waals surface area contributed by atoms with Crippen molar-refractivity contribution in [2.75, 3.05) is 18.0 Å². The SMILES string of the molecule is CC1CN(c2ccc(N=C(N)N=CN(C(C)(C)C)C3(C(C)C)CCC3)cc2)CC(C)N1. The van der Waals surface area contributed by atoms with Gasteiger partial charge in [-0.1, -0.05) is 13.8 Å². The van der Waals surface area contributed by atoms with Crippen LogP contribution in [0.5, 0.6) is 0 Å². The van der Waals surface area contributed by atoms with Gasteiger partial charge < -0.3 is 20.9 Å². The summed E-state index contributed by atoms with van der Waals surface area (Å²) in [6.45, 7) is 17.8. The number of nitrogens with two attached hydrogens (primary N) is 1. The zero-order chi connectivity index (χ0) is 22.8. The maximum absolute atomic E-state index is 6.20. The summed E-state index contributed by atoms with van der Waals surface area (Å²) in [6.07, 6.45) is 5.61. The lowest BCUT2D eigenvalue weighted by Crippen LogP contribution is -2.62. The third-order valence-electron chi connectivity index (χ3n) is 6.82. The van der Waals surface area contributed by atoms with Crippen LogP contribution in [0.2, 0.25) is 0 Å². The molecule has 1 aromatic carbocycles. The molecule has 0 spiro atoms. The van der Waals surface area contributed by atoms with Gasteiger partial charge in [0, 0.05) is 41.9 Å². The molecule has 6 heteroatoms. The van der Waals surface area contributed by atoms with Gasteiger partial charge in [-0.15, -0.1) is 0 Å². The van der Waals surface area contributed by atoms with E-state index >= 15 is 0 Å². The molecule has 1 saturated heterocycles. The summed E-state index contributed by atoms with van der Waals surface area (Å²) >= 11 is 0. The lowest BCUT2D eigenvalue weighted by Gasteiger charge is -2.57. The third-order valence-corrected chi connectivity index (χ3v) is 6.82. The Labute approximate surface area is 189 Å². The molecule has 0 aromatic heterocycles. The molecule has 0 radical (unpaired) electrons. The standard InChI is InChI=1S/C25H42N6/c1-18(2)25(13-8-14-25)31(24(5,6)7)17-27-23(26)29-21-9-11-22(12-10-21)30-15-19(3)28-20(4)16-30/h9-12,17-20,28H,8,13-16H2,1-7H3,(H2,26,29). The average molecular weight is 427 g/mol. The van der Waals surface area contributed by atoms with Gasteiger partial charge in [0.1, 0.15) is 0 Å². The van der Waals surface area contributed by atoms with Gasteiger partial charge in [0.05, 0.1) is 12.0 Å². The van der Waals surface area contributed by atoms with Crippen LogP contribution in [0.3, 0.4) is 0 Å². The summed E-state index contributed by atoms with van der Waals surface area (Å²) in [7, 11) is 0. The van der Waals surface area contributed by atoms with E-state index < -0.39 is 0 Å². The minimum atomic E-state index is -0.0201. The van der Waals surface area contributed by atoms with Crippen molar-refractivity contribution >= 4 is 23.7 Å². The molecule has 3 N–H and O–H groups in total. The maximum Gasteiger partial charge on any atom is 0.221 e. The summed E-state index contributed by atoms with van der Waals surface area (Å²) in [5, 5.41) is 3.58. The summed E-state index contributed by atoms with van der Waals surface area (Å²) < 4.78 is 0. The number of guanidine groups is 1. The minimum absolute atomic E-state index is 0.0201. The normalized spacial score (nSPS) is 24.5. The van der Waals surface area contributed by atoms with Crippen molar-refractivity contribution in [3.63, 3.8) is 0 Å². The summed E-state index contributed by atoms with van der Waals surface area (Å²) in [6, 6.07) is 9.29. The first-order chi connectivity index (χ1) is 14.5. The monoisotopic (exact) mass is 426 g/mol.